The van der Waals surface area contributed by atoms with Gasteiger partial charge in [0.05, 0.1) is 0 Å². The number of hydrogen-bond donors (Lipinski definition) is 0. The van der Waals surface area contributed by atoms with Crippen LogP contribution in [0.25, 0.3) is 0 Å². The summed E-state index contributed by atoms with van der Waals surface area (Å²) in [5.41, 5.74) is 1.41. The van der Waals surface area contributed by atoms with Crippen molar-refractivity contribution in [1.82, 2.24) is 0 Å². The van der Waals surface area contributed by atoms with E-state index < -0.39 is 0 Å². The normalized spacial score (nSPS) is 10.2. The molecule has 0 N–H and O–H groups in total. The van der Waals surface area contributed by atoms with Crippen LogP contribution in [-0.4, -0.2) is 16.4 Å². The Bertz CT molecular complexity index is 235. The van der Waals surface area contributed by atoms with Crippen molar-refractivity contribution >= 4 is 14.9 Å². The van der Waals surface area contributed by atoms with E-state index in [1.54, 1.807) is 0 Å². The second-order valence-electron chi connectivity index (χ2n) is 2.55. The van der Waals surface area contributed by atoms with Crippen LogP contribution < -0.4 is 5.19 Å². The fourth-order valence-electron chi connectivity index (χ4n) is 1.08. The molecule has 64 valence electrons. The van der Waals surface area contributed by atoms with E-state index in [0.717, 1.165) is 13.0 Å². The molecular formula is C10H14OSi. The van der Waals surface area contributed by atoms with E-state index in [4.69, 9.17) is 4.43 Å². The van der Waals surface area contributed by atoms with Crippen molar-refractivity contribution in [2.45, 2.75) is 20.3 Å². The summed E-state index contributed by atoms with van der Waals surface area (Å²) in [7, 11) is 0.510. The molecular weight excluding hydrogens is 164 g/mol. The molecule has 0 fully saturated rings. The Labute approximate surface area is 76.7 Å². The van der Waals surface area contributed by atoms with Gasteiger partial charge in [-0.1, -0.05) is 31.2 Å². The zero-order valence-corrected chi connectivity index (χ0v) is 8.63. The third kappa shape index (κ3) is 2.46. The second-order valence-corrected chi connectivity index (χ2v) is 3.58. The van der Waals surface area contributed by atoms with E-state index in [0.29, 0.717) is 9.76 Å². The van der Waals surface area contributed by atoms with Crippen LogP contribution in [0.2, 0.25) is 0 Å². The molecule has 0 aliphatic heterocycles. The van der Waals surface area contributed by atoms with E-state index >= 15 is 0 Å². The van der Waals surface area contributed by atoms with Crippen molar-refractivity contribution < 1.29 is 4.43 Å². The quantitative estimate of drug-likeness (QED) is 0.635. The summed E-state index contributed by atoms with van der Waals surface area (Å²) >= 11 is 0. The van der Waals surface area contributed by atoms with Crippen LogP contribution in [0.3, 0.4) is 0 Å². The van der Waals surface area contributed by atoms with Gasteiger partial charge in [-0.2, -0.15) is 0 Å². The number of aryl methyl sites for hydroxylation is 1. The Morgan fingerprint density at radius 1 is 1.25 bits per heavy atom. The predicted octanol–water partition coefficient (Wildman–Crippen LogP) is 1.53. The number of hydrogen-bond acceptors (Lipinski definition) is 1. The van der Waals surface area contributed by atoms with Gasteiger partial charge < -0.3 is 4.43 Å². The molecule has 1 nitrogen and oxygen atoms in total. The number of rotatable bonds is 4. The third-order valence-corrected chi connectivity index (χ3v) is 2.87. The Morgan fingerprint density at radius 2 is 2.00 bits per heavy atom. The molecule has 0 bridgehead atoms. The third-order valence-electron chi connectivity index (χ3n) is 1.72. The molecule has 0 heterocycles. The van der Waals surface area contributed by atoms with Gasteiger partial charge in [-0.15, -0.1) is 0 Å². The van der Waals surface area contributed by atoms with Crippen LogP contribution in [0.4, 0.5) is 0 Å². The van der Waals surface area contributed by atoms with Crippen molar-refractivity contribution in [2.24, 2.45) is 0 Å². The molecule has 1 aromatic carbocycles. The Balaban J connectivity index is 2.68. The number of benzene rings is 1. The Hall–Kier alpha value is -0.603. The van der Waals surface area contributed by atoms with Crippen molar-refractivity contribution in [3.8, 4) is 0 Å². The summed E-state index contributed by atoms with van der Waals surface area (Å²) in [4.78, 5) is 0. The van der Waals surface area contributed by atoms with E-state index in [9.17, 15) is 0 Å². The van der Waals surface area contributed by atoms with Crippen LogP contribution >= 0.6 is 0 Å². The maximum absolute atomic E-state index is 5.39. The van der Waals surface area contributed by atoms with E-state index in [1.165, 1.54) is 10.8 Å². The summed E-state index contributed by atoms with van der Waals surface area (Å²) in [6, 6.07) is 8.47. The summed E-state index contributed by atoms with van der Waals surface area (Å²) < 4.78 is 5.39. The zero-order chi connectivity index (χ0) is 8.81. The predicted molar refractivity (Wildman–Crippen MR) is 52.8 cm³/mol. The lowest BCUT2D eigenvalue weighted by molar-refractivity contribution is 0.367. The van der Waals surface area contributed by atoms with E-state index in [2.05, 4.69) is 31.2 Å². The standard InChI is InChI=1S/C10H14OSi/c1-3-9-7-5-6-8-10(9)12-11-4-2/h5-8H,3-4H2,1-2H3. The maximum Gasteiger partial charge on any atom is 0.268 e. The van der Waals surface area contributed by atoms with E-state index in [1.807, 2.05) is 6.92 Å². The molecule has 0 unspecified atom stereocenters. The molecule has 0 aliphatic carbocycles. The SMILES string of the molecule is CCO[Si]c1ccccc1CC. The van der Waals surface area contributed by atoms with Crippen LogP contribution in [0.1, 0.15) is 19.4 Å². The van der Waals surface area contributed by atoms with Crippen LogP contribution in [0.15, 0.2) is 24.3 Å². The summed E-state index contributed by atoms with van der Waals surface area (Å²) in [6.07, 6.45) is 1.09. The fourth-order valence-corrected chi connectivity index (χ4v) is 1.93. The topological polar surface area (TPSA) is 9.23 Å². The Morgan fingerprint density at radius 3 is 2.67 bits per heavy atom. The minimum Gasteiger partial charge on any atom is -0.412 e. The zero-order valence-electron chi connectivity index (χ0n) is 7.63. The summed E-state index contributed by atoms with van der Waals surface area (Å²) in [6.45, 7) is 5.01. The van der Waals surface area contributed by atoms with Gasteiger partial charge in [0.1, 0.15) is 0 Å². The van der Waals surface area contributed by atoms with Crippen molar-refractivity contribution in [1.29, 1.82) is 0 Å². The van der Waals surface area contributed by atoms with E-state index in [-0.39, 0.29) is 0 Å². The highest BCUT2D eigenvalue weighted by Gasteiger charge is 2.00. The van der Waals surface area contributed by atoms with Gasteiger partial charge in [0, 0.05) is 6.61 Å². The second kappa shape index (κ2) is 5.12. The molecule has 0 amide bonds. The average Bonchev–Trinajstić information content (AvgIpc) is 2.15. The molecule has 0 saturated heterocycles. The van der Waals surface area contributed by atoms with Gasteiger partial charge in [0.2, 0.25) is 0 Å². The largest absolute Gasteiger partial charge is 0.412 e. The first-order valence-electron chi connectivity index (χ1n) is 4.34. The van der Waals surface area contributed by atoms with Crippen LogP contribution in [0, 0.1) is 0 Å². The minimum absolute atomic E-state index is 0.510. The smallest absolute Gasteiger partial charge is 0.268 e. The highest BCUT2D eigenvalue weighted by atomic mass is 28.2. The molecule has 0 atom stereocenters. The molecule has 0 aromatic heterocycles. The molecule has 1 rings (SSSR count). The van der Waals surface area contributed by atoms with Gasteiger partial charge in [-0.25, -0.2) is 0 Å². The maximum atomic E-state index is 5.39. The molecule has 2 radical (unpaired) electrons. The minimum atomic E-state index is 0.510. The molecule has 0 saturated carbocycles. The molecule has 0 spiro atoms. The summed E-state index contributed by atoms with van der Waals surface area (Å²) in [5, 5.41) is 1.35. The highest BCUT2D eigenvalue weighted by molar-refractivity contribution is 6.47. The summed E-state index contributed by atoms with van der Waals surface area (Å²) in [5.74, 6) is 0. The van der Waals surface area contributed by atoms with Gasteiger partial charge in [-0.3, -0.25) is 0 Å². The fraction of sp³-hybridized carbons (Fsp3) is 0.400. The molecule has 2 heteroatoms. The first-order chi connectivity index (χ1) is 5.88. The lowest BCUT2D eigenvalue weighted by Gasteiger charge is -2.04. The van der Waals surface area contributed by atoms with Gasteiger partial charge >= 0.3 is 0 Å². The lowest BCUT2D eigenvalue weighted by Crippen LogP contribution is -2.21. The first kappa shape index (κ1) is 9.48. The first-order valence-corrected chi connectivity index (χ1v) is 5.25. The van der Waals surface area contributed by atoms with Crippen molar-refractivity contribution in [3.63, 3.8) is 0 Å². The van der Waals surface area contributed by atoms with Gasteiger partial charge in [0.25, 0.3) is 9.76 Å². The highest BCUT2D eigenvalue weighted by Crippen LogP contribution is 1.95. The van der Waals surface area contributed by atoms with Crippen LogP contribution in [0.5, 0.6) is 0 Å². The Kier molecular flexibility index (Phi) is 4.04. The van der Waals surface area contributed by atoms with Crippen LogP contribution in [-0.2, 0) is 10.8 Å². The molecule has 12 heavy (non-hydrogen) atoms. The van der Waals surface area contributed by atoms with Gasteiger partial charge in [0.15, 0.2) is 0 Å². The van der Waals surface area contributed by atoms with Crippen molar-refractivity contribution in [2.75, 3.05) is 6.61 Å². The molecule has 0 aliphatic rings. The lowest BCUT2D eigenvalue weighted by atomic mass is 10.2. The van der Waals surface area contributed by atoms with Gasteiger partial charge in [-0.05, 0) is 24.1 Å². The average molecular weight is 178 g/mol. The monoisotopic (exact) mass is 178 g/mol. The van der Waals surface area contributed by atoms with Crippen molar-refractivity contribution in [3.05, 3.63) is 29.8 Å². The molecule has 1 aromatic rings.